The zero-order valence-corrected chi connectivity index (χ0v) is 8.97. The third-order valence-electron chi connectivity index (χ3n) is 3.49. The van der Waals surface area contributed by atoms with E-state index < -0.39 is 0 Å². The van der Waals surface area contributed by atoms with Gasteiger partial charge in [0.2, 0.25) is 0 Å². The van der Waals surface area contributed by atoms with Crippen molar-refractivity contribution in [2.45, 2.75) is 57.4 Å². The van der Waals surface area contributed by atoms with Crippen molar-refractivity contribution in [1.29, 1.82) is 0 Å². The zero-order chi connectivity index (χ0) is 9.80. The van der Waals surface area contributed by atoms with Gasteiger partial charge in [-0.05, 0) is 38.0 Å². The fourth-order valence-electron chi connectivity index (χ4n) is 2.37. The van der Waals surface area contributed by atoms with Crippen LogP contribution in [0.3, 0.4) is 0 Å². The number of hydrazine groups is 1. The molecule has 2 heteroatoms. The summed E-state index contributed by atoms with van der Waals surface area (Å²) in [6.07, 6.45) is 13.2. The first-order chi connectivity index (χ1) is 6.90. The van der Waals surface area contributed by atoms with Crippen LogP contribution in [0.2, 0.25) is 0 Å². The molecule has 14 heavy (non-hydrogen) atoms. The first-order valence-electron chi connectivity index (χ1n) is 6.05. The van der Waals surface area contributed by atoms with Crippen molar-refractivity contribution in [2.75, 3.05) is 0 Å². The van der Waals surface area contributed by atoms with Crippen LogP contribution in [0.25, 0.3) is 0 Å². The van der Waals surface area contributed by atoms with Crippen molar-refractivity contribution in [1.82, 2.24) is 5.43 Å². The van der Waals surface area contributed by atoms with Gasteiger partial charge in [-0.1, -0.05) is 30.9 Å². The minimum absolute atomic E-state index is 0.473. The fraction of sp³-hybridized carbons (Fsp3) is 0.833. The van der Waals surface area contributed by atoms with Crippen molar-refractivity contribution >= 4 is 0 Å². The summed E-state index contributed by atoms with van der Waals surface area (Å²) >= 11 is 0. The highest BCUT2D eigenvalue weighted by Gasteiger charge is 2.26. The predicted octanol–water partition coefficient (Wildman–Crippen LogP) is 2.51. The van der Waals surface area contributed by atoms with Gasteiger partial charge >= 0.3 is 0 Å². The molecule has 0 aromatic carbocycles. The molecule has 3 N–H and O–H groups in total. The number of allylic oxidation sites excluding steroid dienone is 1. The predicted molar refractivity (Wildman–Crippen MR) is 59.6 cm³/mol. The van der Waals surface area contributed by atoms with Crippen molar-refractivity contribution in [3.8, 4) is 0 Å². The number of rotatable bonds is 4. The maximum atomic E-state index is 5.64. The molecule has 0 aromatic heterocycles. The van der Waals surface area contributed by atoms with Gasteiger partial charge in [0, 0.05) is 6.04 Å². The molecule has 2 aliphatic carbocycles. The Morgan fingerprint density at radius 2 is 2.21 bits per heavy atom. The van der Waals surface area contributed by atoms with Gasteiger partial charge < -0.3 is 0 Å². The summed E-state index contributed by atoms with van der Waals surface area (Å²) in [5, 5.41) is 0. The summed E-state index contributed by atoms with van der Waals surface area (Å²) in [6.45, 7) is 0. The number of nitrogens with one attached hydrogen (secondary N) is 1. The first kappa shape index (κ1) is 10.2. The lowest BCUT2D eigenvalue weighted by molar-refractivity contribution is 0.505. The largest absolute Gasteiger partial charge is 0.271 e. The van der Waals surface area contributed by atoms with E-state index in [-0.39, 0.29) is 0 Å². The van der Waals surface area contributed by atoms with Crippen molar-refractivity contribution in [3.05, 3.63) is 11.6 Å². The summed E-state index contributed by atoms with van der Waals surface area (Å²) in [6, 6.07) is 0.473. The smallest absolute Gasteiger partial charge is 0.0422 e. The zero-order valence-electron chi connectivity index (χ0n) is 8.97. The van der Waals surface area contributed by atoms with Crippen LogP contribution < -0.4 is 11.3 Å². The molecule has 0 aromatic rings. The SMILES string of the molecule is NNC(CC1CC1)C1=CCCCCC1. The molecule has 2 aliphatic rings. The Balaban J connectivity index is 1.89. The Kier molecular flexibility index (Phi) is 3.60. The Bertz CT molecular complexity index is 206. The van der Waals surface area contributed by atoms with Crippen LogP contribution >= 0.6 is 0 Å². The van der Waals surface area contributed by atoms with Crippen molar-refractivity contribution in [3.63, 3.8) is 0 Å². The van der Waals surface area contributed by atoms with Gasteiger partial charge in [-0.2, -0.15) is 0 Å². The van der Waals surface area contributed by atoms with E-state index in [4.69, 9.17) is 5.84 Å². The van der Waals surface area contributed by atoms with E-state index in [9.17, 15) is 0 Å². The molecule has 2 nitrogen and oxygen atoms in total. The third kappa shape index (κ3) is 2.82. The van der Waals surface area contributed by atoms with Crippen LogP contribution in [-0.2, 0) is 0 Å². The molecule has 1 saturated carbocycles. The van der Waals surface area contributed by atoms with Crippen LogP contribution in [0.1, 0.15) is 51.4 Å². The molecule has 0 aliphatic heterocycles. The third-order valence-corrected chi connectivity index (χ3v) is 3.49. The van der Waals surface area contributed by atoms with Crippen LogP contribution in [0.15, 0.2) is 11.6 Å². The molecule has 0 heterocycles. The maximum Gasteiger partial charge on any atom is 0.0422 e. The van der Waals surface area contributed by atoms with Crippen molar-refractivity contribution < 1.29 is 0 Å². The number of nitrogens with two attached hydrogens (primary N) is 1. The Morgan fingerprint density at radius 3 is 2.93 bits per heavy atom. The van der Waals surface area contributed by atoms with E-state index in [1.165, 1.54) is 51.4 Å². The minimum Gasteiger partial charge on any atom is -0.271 e. The molecule has 0 radical (unpaired) electrons. The van der Waals surface area contributed by atoms with E-state index in [2.05, 4.69) is 11.5 Å². The topological polar surface area (TPSA) is 38.0 Å². The van der Waals surface area contributed by atoms with E-state index >= 15 is 0 Å². The van der Waals surface area contributed by atoms with E-state index in [0.717, 1.165) is 5.92 Å². The Labute approximate surface area is 86.9 Å². The van der Waals surface area contributed by atoms with Gasteiger partial charge in [-0.15, -0.1) is 0 Å². The highest BCUT2D eigenvalue weighted by Crippen LogP contribution is 2.35. The average Bonchev–Trinajstić information content (AvgIpc) is 3.01. The van der Waals surface area contributed by atoms with E-state index in [1.54, 1.807) is 5.57 Å². The monoisotopic (exact) mass is 194 g/mol. The van der Waals surface area contributed by atoms with Crippen LogP contribution in [0, 0.1) is 5.92 Å². The number of hydrogen-bond donors (Lipinski definition) is 2. The molecule has 0 saturated heterocycles. The molecular weight excluding hydrogens is 172 g/mol. The molecule has 0 bridgehead atoms. The standard InChI is InChI=1S/C12H22N2/c13-14-12(9-10-7-8-10)11-5-3-1-2-4-6-11/h5,10,12,14H,1-4,6-9,13H2. The molecule has 0 amide bonds. The van der Waals surface area contributed by atoms with Gasteiger partial charge in [-0.3, -0.25) is 11.3 Å². The highest BCUT2D eigenvalue weighted by atomic mass is 15.2. The normalized spacial score (nSPS) is 25.4. The summed E-state index contributed by atoms with van der Waals surface area (Å²) in [7, 11) is 0. The Hall–Kier alpha value is -0.340. The fourth-order valence-corrected chi connectivity index (χ4v) is 2.37. The number of hydrogen-bond acceptors (Lipinski definition) is 2. The lowest BCUT2D eigenvalue weighted by atomic mass is 9.98. The first-order valence-corrected chi connectivity index (χ1v) is 6.05. The van der Waals surface area contributed by atoms with Crippen molar-refractivity contribution in [2.24, 2.45) is 11.8 Å². The summed E-state index contributed by atoms with van der Waals surface area (Å²) in [5.41, 5.74) is 4.58. The summed E-state index contributed by atoms with van der Waals surface area (Å²) < 4.78 is 0. The second-order valence-electron chi connectivity index (χ2n) is 4.78. The summed E-state index contributed by atoms with van der Waals surface area (Å²) in [5.74, 6) is 6.60. The lowest BCUT2D eigenvalue weighted by Crippen LogP contribution is -2.37. The van der Waals surface area contributed by atoms with Crippen LogP contribution in [-0.4, -0.2) is 6.04 Å². The molecule has 2 rings (SSSR count). The molecule has 0 spiro atoms. The summed E-state index contributed by atoms with van der Waals surface area (Å²) in [4.78, 5) is 0. The lowest BCUT2D eigenvalue weighted by Gasteiger charge is -2.18. The quantitative estimate of drug-likeness (QED) is 0.410. The molecule has 1 unspecified atom stereocenters. The molecular formula is C12H22N2. The molecule has 1 fully saturated rings. The second kappa shape index (κ2) is 4.94. The second-order valence-corrected chi connectivity index (χ2v) is 4.78. The molecule has 1 atom stereocenters. The highest BCUT2D eigenvalue weighted by molar-refractivity contribution is 5.12. The van der Waals surface area contributed by atoms with Gasteiger partial charge in [-0.25, -0.2) is 0 Å². The van der Waals surface area contributed by atoms with Gasteiger partial charge in [0.1, 0.15) is 0 Å². The Morgan fingerprint density at radius 1 is 1.36 bits per heavy atom. The van der Waals surface area contributed by atoms with Gasteiger partial charge in [0.15, 0.2) is 0 Å². The van der Waals surface area contributed by atoms with E-state index in [1.807, 2.05) is 0 Å². The van der Waals surface area contributed by atoms with Gasteiger partial charge in [0.25, 0.3) is 0 Å². The van der Waals surface area contributed by atoms with Crippen LogP contribution in [0.5, 0.6) is 0 Å². The van der Waals surface area contributed by atoms with E-state index in [0.29, 0.717) is 6.04 Å². The van der Waals surface area contributed by atoms with Crippen LogP contribution in [0.4, 0.5) is 0 Å². The van der Waals surface area contributed by atoms with Gasteiger partial charge in [0.05, 0.1) is 0 Å². The minimum atomic E-state index is 0.473. The maximum absolute atomic E-state index is 5.64. The molecule has 80 valence electrons. The average molecular weight is 194 g/mol.